The van der Waals surface area contributed by atoms with E-state index in [1.54, 1.807) is 0 Å². The molecule has 70 valence electrons. The quantitative estimate of drug-likeness (QED) is 0.238. The average Bonchev–Trinajstić information content (AvgIpc) is 2.01. The largest absolute Gasteiger partial charge is 0.283 e. The first-order valence-electron chi connectivity index (χ1n) is 4.50. The lowest BCUT2D eigenvalue weighted by atomic mass is 10.1. The van der Waals surface area contributed by atoms with Gasteiger partial charge in [-0.15, -0.1) is 0 Å². The summed E-state index contributed by atoms with van der Waals surface area (Å²) in [7, 11) is 0. The Morgan fingerprint density at radius 3 is 2.58 bits per heavy atom. The second-order valence-electron chi connectivity index (χ2n) is 2.95. The van der Waals surface area contributed by atoms with Gasteiger partial charge < -0.3 is 0 Å². The van der Waals surface area contributed by atoms with E-state index in [1.165, 1.54) is 12.8 Å². The molecule has 0 aliphatic rings. The maximum Gasteiger partial charge on any atom is 0.0978 e. The zero-order valence-electron chi connectivity index (χ0n) is 8.13. The summed E-state index contributed by atoms with van der Waals surface area (Å²) < 4.78 is 0.393. The summed E-state index contributed by atoms with van der Waals surface area (Å²) in [6, 6.07) is 0. The summed E-state index contributed by atoms with van der Waals surface area (Å²) in [5.74, 6) is 0.480. The van der Waals surface area contributed by atoms with Crippen molar-refractivity contribution in [2.75, 3.05) is 0 Å². The summed E-state index contributed by atoms with van der Waals surface area (Å²) >= 11 is 2.30. The SMILES string of the molecule is CCC/C=C\C(C)C=NC(C)I. The van der Waals surface area contributed by atoms with Gasteiger partial charge in [0.1, 0.15) is 0 Å². The van der Waals surface area contributed by atoms with Gasteiger partial charge in [-0.3, -0.25) is 4.99 Å². The van der Waals surface area contributed by atoms with E-state index in [9.17, 15) is 0 Å². The molecule has 12 heavy (non-hydrogen) atoms. The number of aliphatic imine (C=N–C) groups is 1. The van der Waals surface area contributed by atoms with Crippen molar-refractivity contribution in [1.29, 1.82) is 0 Å². The third-order valence-electron chi connectivity index (χ3n) is 1.42. The minimum absolute atomic E-state index is 0.393. The molecule has 0 rings (SSSR count). The molecular formula is C10H18IN. The Kier molecular flexibility index (Phi) is 7.86. The van der Waals surface area contributed by atoms with Gasteiger partial charge in [0.05, 0.1) is 4.05 Å². The minimum Gasteiger partial charge on any atom is -0.283 e. The molecule has 0 aromatic carbocycles. The van der Waals surface area contributed by atoms with Crippen LogP contribution >= 0.6 is 22.6 Å². The molecule has 0 saturated carbocycles. The lowest BCUT2D eigenvalue weighted by molar-refractivity contribution is 0.929. The lowest BCUT2D eigenvalue weighted by Crippen LogP contribution is -1.93. The Morgan fingerprint density at radius 2 is 2.08 bits per heavy atom. The number of halogens is 1. The molecule has 0 fully saturated rings. The van der Waals surface area contributed by atoms with Crippen LogP contribution in [0.15, 0.2) is 17.1 Å². The normalized spacial score (nSPS) is 17.3. The molecule has 0 amide bonds. The fraction of sp³-hybridized carbons (Fsp3) is 0.700. The third kappa shape index (κ3) is 8.24. The fourth-order valence-corrected chi connectivity index (χ4v) is 0.967. The van der Waals surface area contributed by atoms with Crippen LogP contribution in [0.4, 0.5) is 0 Å². The summed E-state index contributed by atoms with van der Waals surface area (Å²) in [5.41, 5.74) is 0. The third-order valence-corrected chi connectivity index (χ3v) is 1.74. The lowest BCUT2D eigenvalue weighted by Gasteiger charge is -1.98. The van der Waals surface area contributed by atoms with Gasteiger partial charge in [-0.25, -0.2) is 0 Å². The van der Waals surface area contributed by atoms with Crippen molar-refractivity contribution in [2.24, 2.45) is 10.9 Å². The van der Waals surface area contributed by atoms with Crippen molar-refractivity contribution in [3.05, 3.63) is 12.2 Å². The van der Waals surface area contributed by atoms with Crippen LogP contribution in [0.2, 0.25) is 0 Å². The Hall–Kier alpha value is 0.140. The van der Waals surface area contributed by atoms with Crippen molar-refractivity contribution in [3.8, 4) is 0 Å². The smallest absolute Gasteiger partial charge is 0.0978 e. The highest BCUT2D eigenvalue weighted by Crippen LogP contribution is 2.02. The molecule has 1 nitrogen and oxygen atoms in total. The molecule has 2 heteroatoms. The highest BCUT2D eigenvalue weighted by Gasteiger charge is 1.91. The topological polar surface area (TPSA) is 12.4 Å². The molecular weight excluding hydrogens is 261 g/mol. The molecule has 2 atom stereocenters. The van der Waals surface area contributed by atoms with Crippen LogP contribution in [0, 0.1) is 5.92 Å². The predicted octanol–water partition coefficient (Wildman–Crippen LogP) is 3.83. The number of hydrogen-bond acceptors (Lipinski definition) is 1. The first-order valence-corrected chi connectivity index (χ1v) is 5.75. The van der Waals surface area contributed by atoms with Gasteiger partial charge in [0.25, 0.3) is 0 Å². The standard InChI is InChI=1S/C10H18IN/c1-4-5-6-7-9(2)8-12-10(3)11/h6-10H,4-5H2,1-3H3/b7-6-,12-8?. The molecule has 0 bridgehead atoms. The molecule has 0 radical (unpaired) electrons. The van der Waals surface area contributed by atoms with E-state index >= 15 is 0 Å². The Morgan fingerprint density at radius 1 is 1.42 bits per heavy atom. The Balaban J connectivity index is 3.65. The van der Waals surface area contributed by atoms with Gasteiger partial charge in [0.2, 0.25) is 0 Å². The number of unbranched alkanes of at least 4 members (excludes halogenated alkanes) is 1. The minimum atomic E-state index is 0.393. The number of hydrogen-bond donors (Lipinski definition) is 0. The van der Waals surface area contributed by atoms with Crippen LogP contribution < -0.4 is 0 Å². The average molecular weight is 279 g/mol. The van der Waals surface area contributed by atoms with Crippen molar-refractivity contribution in [2.45, 2.75) is 37.7 Å². The van der Waals surface area contributed by atoms with Gasteiger partial charge in [-0.1, -0.05) is 55.0 Å². The first-order chi connectivity index (χ1) is 5.66. The molecule has 0 aromatic heterocycles. The highest BCUT2D eigenvalue weighted by atomic mass is 127. The Labute approximate surface area is 89.5 Å². The van der Waals surface area contributed by atoms with E-state index in [2.05, 4.69) is 60.5 Å². The van der Waals surface area contributed by atoms with Crippen LogP contribution in [0.1, 0.15) is 33.6 Å². The van der Waals surface area contributed by atoms with Gasteiger partial charge in [0.15, 0.2) is 0 Å². The van der Waals surface area contributed by atoms with Gasteiger partial charge in [0, 0.05) is 12.1 Å². The van der Waals surface area contributed by atoms with Crippen molar-refractivity contribution in [3.63, 3.8) is 0 Å². The first kappa shape index (κ1) is 12.1. The maximum atomic E-state index is 4.31. The molecule has 0 saturated heterocycles. The van der Waals surface area contributed by atoms with E-state index in [0.29, 0.717) is 9.97 Å². The summed E-state index contributed by atoms with van der Waals surface area (Å²) in [4.78, 5) is 4.31. The van der Waals surface area contributed by atoms with Gasteiger partial charge in [-0.2, -0.15) is 0 Å². The number of allylic oxidation sites excluding steroid dienone is 2. The highest BCUT2D eigenvalue weighted by molar-refractivity contribution is 14.1. The van der Waals surface area contributed by atoms with E-state index in [-0.39, 0.29) is 0 Å². The van der Waals surface area contributed by atoms with E-state index in [1.807, 2.05) is 6.21 Å². The molecule has 0 spiro atoms. The van der Waals surface area contributed by atoms with Crippen LogP contribution in [-0.4, -0.2) is 10.3 Å². The molecule has 0 aromatic rings. The number of alkyl halides is 1. The number of nitrogens with zero attached hydrogens (tertiary/aromatic N) is 1. The predicted molar refractivity (Wildman–Crippen MR) is 65.2 cm³/mol. The van der Waals surface area contributed by atoms with Crippen molar-refractivity contribution < 1.29 is 0 Å². The molecule has 0 heterocycles. The molecule has 0 N–H and O–H groups in total. The summed E-state index contributed by atoms with van der Waals surface area (Å²) in [6.45, 7) is 6.43. The molecule has 0 aliphatic carbocycles. The second kappa shape index (κ2) is 7.77. The molecule has 0 aliphatic heterocycles. The maximum absolute atomic E-state index is 4.31. The van der Waals surface area contributed by atoms with Crippen LogP contribution in [0.25, 0.3) is 0 Å². The van der Waals surface area contributed by atoms with Crippen molar-refractivity contribution in [1.82, 2.24) is 0 Å². The number of rotatable bonds is 5. The van der Waals surface area contributed by atoms with Gasteiger partial charge in [-0.05, 0) is 13.3 Å². The zero-order valence-corrected chi connectivity index (χ0v) is 10.3. The monoisotopic (exact) mass is 279 g/mol. The van der Waals surface area contributed by atoms with Crippen LogP contribution in [0.3, 0.4) is 0 Å². The van der Waals surface area contributed by atoms with E-state index in [4.69, 9.17) is 0 Å². The summed E-state index contributed by atoms with van der Waals surface area (Å²) in [6.07, 6.45) is 8.87. The fourth-order valence-electron chi connectivity index (χ4n) is 0.782. The zero-order chi connectivity index (χ0) is 9.40. The summed E-state index contributed by atoms with van der Waals surface area (Å²) in [5, 5.41) is 0. The van der Waals surface area contributed by atoms with Gasteiger partial charge >= 0.3 is 0 Å². The van der Waals surface area contributed by atoms with Crippen LogP contribution in [-0.2, 0) is 0 Å². The van der Waals surface area contributed by atoms with Crippen LogP contribution in [0.5, 0.6) is 0 Å². The van der Waals surface area contributed by atoms with Crippen molar-refractivity contribution >= 4 is 28.8 Å². The Bertz CT molecular complexity index is 150. The second-order valence-corrected chi connectivity index (χ2v) is 4.75. The molecule has 2 unspecified atom stereocenters. The van der Waals surface area contributed by atoms with E-state index in [0.717, 1.165) is 0 Å². The van der Waals surface area contributed by atoms with E-state index < -0.39 is 0 Å².